The van der Waals surface area contributed by atoms with Gasteiger partial charge in [0.25, 0.3) is 5.91 Å². The van der Waals surface area contributed by atoms with E-state index in [4.69, 9.17) is 23.9 Å². The summed E-state index contributed by atoms with van der Waals surface area (Å²) in [4.78, 5) is 27.7. The Hall–Kier alpha value is -4.99. The van der Waals surface area contributed by atoms with Crippen molar-refractivity contribution in [1.29, 1.82) is 0 Å². The summed E-state index contributed by atoms with van der Waals surface area (Å²) < 4.78 is 22.2. The molecule has 1 atom stereocenters. The highest BCUT2D eigenvalue weighted by Crippen LogP contribution is 2.41. The van der Waals surface area contributed by atoms with Crippen LogP contribution in [-0.2, 0) is 0 Å². The summed E-state index contributed by atoms with van der Waals surface area (Å²) in [6, 6.07) is 21.3. The summed E-state index contributed by atoms with van der Waals surface area (Å²) in [5.41, 5.74) is 3.13. The molecule has 1 aliphatic heterocycles. The Morgan fingerprint density at radius 1 is 0.791 bits per heavy atom. The van der Waals surface area contributed by atoms with E-state index in [1.165, 1.54) is 0 Å². The average Bonchev–Trinajstić information content (AvgIpc) is 3.07. The van der Waals surface area contributed by atoms with Gasteiger partial charge in [0.1, 0.15) is 17.1 Å². The van der Waals surface area contributed by atoms with Gasteiger partial charge in [0.15, 0.2) is 17.3 Å². The van der Waals surface area contributed by atoms with Crippen molar-refractivity contribution in [2.24, 2.45) is 0 Å². The number of nitrogens with zero attached hydrogens (tertiary/aromatic N) is 4. The zero-order chi connectivity index (χ0) is 30.3. The third kappa shape index (κ3) is 6.28. The van der Waals surface area contributed by atoms with E-state index < -0.39 is 0 Å². The fraction of sp³-hybridized carbons (Fsp3) is 0.303. The van der Waals surface area contributed by atoms with E-state index in [-0.39, 0.29) is 11.9 Å². The number of amides is 1. The van der Waals surface area contributed by atoms with Gasteiger partial charge in [-0.15, -0.1) is 0 Å². The van der Waals surface area contributed by atoms with Crippen LogP contribution in [0.3, 0.4) is 0 Å². The summed E-state index contributed by atoms with van der Waals surface area (Å²) in [5, 5.41) is 3.12. The van der Waals surface area contributed by atoms with Gasteiger partial charge in [-0.05, 0) is 36.8 Å². The molecule has 1 unspecified atom stereocenters. The lowest BCUT2D eigenvalue weighted by atomic mass is 10.1. The molecule has 0 bridgehead atoms. The predicted octanol–water partition coefficient (Wildman–Crippen LogP) is 5.00. The minimum atomic E-state index is -0.241. The standard InChI is InChI=1S/C33H37N5O5/c1-22(23-11-7-6-8-12-23)35-33(39)25-21-34-31(24-19-28(41-3)30(43-5)29(20-24)42-4)36-32(25)38-17-15-37(16-18-38)26-13-9-10-14-27(26)40-2/h6-14,19-22H,15-18H2,1-5H3,(H,35,39). The van der Waals surface area contributed by atoms with Gasteiger partial charge in [-0.2, -0.15) is 0 Å². The van der Waals surface area contributed by atoms with Gasteiger partial charge in [0, 0.05) is 37.9 Å². The van der Waals surface area contributed by atoms with Crippen LogP contribution < -0.4 is 34.1 Å². The van der Waals surface area contributed by atoms with Crippen LogP contribution >= 0.6 is 0 Å². The number of aromatic nitrogens is 2. The number of benzene rings is 3. The van der Waals surface area contributed by atoms with Crippen molar-refractivity contribution in [3.8, 4) is 34.4 Å². The van der Waals surface area contributed by atoms with E-state index in [0.29, 0.717) is 53.1 Å². The number of methoxy groups -OCH3 is 4. The third-order valence-electron chi connectivity index (χ3n) is 7.59. The van der Waals surface area contributed by atoms with Crippen molar-refractivity contribution in [3.63, 3.8) is 0 Å². The highest BCUT2D eigenvalue weighted by atomic mass is 16.5. The van der Waals surface area contributed by atoms with Crippen LogP contribution in [0.15, 0.2) is 72.9 Å². The molecule has 5 rings (SSSR count). The average molecular weight is 584 g/mol. The molecule has 0 spiro atoms. The minimum Gasteiger partial charge on any atom is -0.495 e. The molecule has 1 amide bonds. The van der Waals surface area contributed by atoms with E-state index in [2.05, 4.69) is 26.2 Å². The molecule has 2 heterocycles. The van der Waals surface area contributed by atoms with Gasteiger partial charge in [-0.3, -0.25) is 4.79 Å². The van der Waals surface area contributed by atoms with Crippen molar-refractivity contribution in [1.82, 2.24) is 15.3 Å². The second kappa shape index (κ2) is 13.3. The Morgan fingerprint density at radius 3 is 2.02 bits per heavy atom. The van der Waals surface area contributed by atoms with Crippen LogP contribution in [0.25, 0.3) is 11.4 Å². The molecule has 0 saturated carbocycles. The molecule has 0 radical (unpaired) electrons. The molecular formula is C33H37N5O5. The van der Waals surface area contributed by atoms with Crippen LogP contribution in [0, 0.1) is 0 Å². The van der Waals surface area contributed by atoms with E-state index in [0.717, 1.165) is 30.1 Å². The lowest BCUT2D eigenvalue weighted by Crippen LogP contribution is -2.47. The number of piperazine rings is 1. The first-order valence-electron chi connectivity index (χ1n) is 14.1. The molecular weight excluding hydrogens is 546 g/mol. The second-order valence-electron chi connectivity index (χ2n) is 10.1. The van der Waals surface area contributed by atoms with Crippen molar-refractivity contribution in [2.75, 3.05) is 64.4 Å². The molecule has 43 heavy (non-hydrogen) atoms. The van der Waals surface area contributed by atoms with Gasteiger partial charge < -0.3 is 34.1 Å². The predicted molar refractivity (Wildman–Crippen MR) is 167 cm³/mol. The normalized spacial score (nSPS) is 13.7. The summed E-state index contributed by atoms with van der Waals surface area (Å²) in [7, 11) is 6.37. The van der Waals surface area contributed by atoms with Gasteiger partial charge in [-0.25, -0.2) is 9.97 Å². The Balaban J connectivity index is 1.49. The van der Waals surface area contributed by atoms with Crippen LogP contribution in [0.2, 0.25) is 0 Å². The van der Waals surface area contributed by atoms with Crippen LogP contribution in [0.4, 0.5) is 11.5 Å². The highest BCUT2D eigenvalue weighted by molar-refractivity contribution is 5.99. The molecule has 4 aromatic rings. The zero-order valence-electron chi connectivity index (χ0n) is 25.2. The SMILES string of the molecule is COc1ccccc1N1CCN(c2nc(-c3cc(OC)c(OC)c(OC)c3)ncc2C(=O)NC(C)c2ccccc2)CC1. The fourth-order valence-electron chi connectivity index (χ4n) is 5.27. The van der Waals surface area contributed by atoms with Crippen LogP contribution in [0.1, 0.15) is 28.9 Å². The number of anilines is 2. The third-order valence-corrected chi connectivity index (χ3v) is 7.59. The first kappa shape index (κ1) is 29.5. The maximum absolute atomic E-state index is 13.7. The molecule has 1 saturated heterocycles. The van der Waals surface area contributed by atoms with E-state index in [1.807, 2.05) is 55.5 Å². The van der Waals surface area contributed by atoms with Crippen molar-refractivity contribution in [3.05, 3.63) is 84.1 Å². The number of hydrogen-bond donors (Lipinski definition) is 1. The molecule has 1 N–H and O–H groups in total. The van der Waals surface area contributed by atoms with Crippen LogP contribution in [-0.4, -0.2) is 70.5 Å². The van der Waals surface area contributed by atoms with Gasteiger partial charge >= 0.3 is 0 Å². The largest absolute Gasteiger partial charge is 0.495 e. The Bertz CT molecular complexity index is 1530. The maximum atomic E-state index is 13.7. The molecule has 0 aliphatic carbocycles. The van der Waals surface area contributed by atoms with Crippen molar-refractivity contribution < 1.29 is 23.7 Å². The van der Waals surface area contributed by atoms with Crippen LogP contribution in [0.5, 0.6) is 23.0 Å². The van der Waals surface area contributed by atoms with Gasteiger partial charge in [0.2, 0.25) is 5.75 Å². The highest BCUT2D eigenvalue weighted by Gasteiger charge is 2.27. The van der Waals surface area contributed by atoms with E-state index >= 15 is 0 Å². The first-order valence-corrected chi connectivity index (χ1v) is 14.1. The van der Waals surface area contributed by atoms with Gasteiger partial charge in [-0.1, -0.05) is 42.5 Å². The first-order chi connectivity index (χ1) is 21.0. The number of para-hydroxylation sites is 2. The number of hydrogen-bond acceptors (Lipinski definition) is 9. The summed E-state index contributed by atoms with van der Waals surface area (Å²) in [6.45, 7) is 4.72. The molecule has 1 aromatic heterocycles. The number of rotatable bonds is 10. The Labute approximate surface area is 252 Å². The van der Waals surface area contributed by atoms with E-state index in [9.17, 15) is 4.79 Å². The molecule has 224 valence electrons. The quantitative estimate of drug-likeness (QED) is 0.277. The second-order valence-corrected chi connectivity index (χ2v) is 10.1. The molecule has 1 fully saturated rings. The smallest absolute Gasteiger partial charge is 0.257 e. The lowest BCUT2D eigenvalue weighted by Gasteiger charge is -2.37. The summed E-state index contributed by atoms with van der Waals surface area (Å²) in [6.07, 6.45) is 1.60. The lowest BCUT2D eigenvalue weighted by molar-refractivity contribution is 0.0939. The van der Waals surface area contributed by atoms with E-state index in [1.54, 1.807) is 46.8 Å². The number of nitrogens with one attached hydrogen (secondary N) is 1. The van der Waals surface area contributed by atoms with Crippen molar-refractivity contribution >= 4 is 17.4 Å². The Kier molecular flexibility index (Phi) is 9.14. The topological polar surface area (TPSA) is 98.3 Å². The minimum absolute atomic E-state index is 0.196. The zero-order valence-corrected chi connectivity index (χ0v) is 25.2. The monoisotopic (exact) mass is 583 g/mol. The Morgan fingerprint density at radius 2 is 1.40 bits per heavy atom. The number of carbonyl (C=O) groups is 1. The summed E-state index contributed by atoms with van der Waals surface area (Å²) in [5.74, 6) is 3.06. The molecule has 10 nitrogen and oxygen atoms in total. The number of ether oxygens (including phenoxy) is 4. The molecule has 10 heteroatoms. The van der Waals surface area contributed by atoms with Gasteiger partial charge in [0.05, 0.1) is 40.2 Å². The number of carbonyl (C=O) groups excluding carboxylic acids is 1. The fourth-order valence-corrected chi connectivity index (χ4v) is 5.27. The maximum Gasteiger partial charge on any atom is 0.257 e. The molecule has 1 aliphatic rings. The summed E-state index contributed by atoms with van der Waals surface area (Å²) >= 11 is 0. The van der Waals surface area contributed by atoms with Crippen molar-refractivity contribution in [2.45, 2.75) is 13.0 Å². The molecule has 3 aromatic carbocycles.